The molecule has 6 N–H and O–H groups in total. The number of ether oxygens (including phenoxy) is 3. The van der Waals surface area contributed by atoms with Crippen molar-refractivity contribution >= 4 is 121 Å². The summed E-state index contributed by atoms with van der Waals surface area (Å²) >= 11 is 0. The molecule has 3 saturated heterocycles. The Balaban J connectivity index is 0.000000140. The van der Waals surface area contributed by atoms with E-state index >= 15 is 0 Å². The topological polar surface area (TPSA) is 282 Å². The second-order valence-corrected chi connectivity index (χ2v) is 26.4. The van der Waals surface area contributed by atoms with E-state index in [9.17, 15) is 29.7 Å². The normalized spacial score (nSPS) is 16.0. The molecule has 27 heteroatoms. The largest absolute Gasteiger partial charge is 0.492 e. The van der Waals surface area contributed by atoms with E-state index in [4.69, 9.17) is 29.2 Å². The van der Waals surface area contributed by atoms with Gasteiger partial charge < -0.3 is 89.6 Å². The lowest BCUT2D eigenvalue weighted by molar-refractivity contribution is 0.0986. The summed E-state index contributed by atoms with van der Waals surface area (Å²) in [5.74, 6) is 4.93. The van der Waals surface area contributed by atoms with Gasteiger partial charge in [-0.25, -0.2) is 15.0 Å². The van der Waals surface area contributed by atoms with E-state index in [1.807, 2.05) is 184 Å². The van der Waals surface area contributed by atoms with Crippen molar-refractivity contribution < 1.29 is 43.9 Å². The third-order valence-electron chi connectivity index (χ3n) is 19.7. The maximum atomic E-state index is 13.0. The van der Waals surface area contributed by atoms with Crippen molar-refractivity contribution in [2.45, 2.75) is 77.6 Å². The number of hydrogen-bond donors (Lipinski definition) is 6. The average Bonchev–Trinajstić information content (AvgIpc) is 1.67. The van der Waals surface area contributed by atoms with Crippen molar-refractivity contribution in [1.29, 1.82) is 0 Å². The van der Waals surface area contributed by atoms with Gasteiger partial charge in [0.2, 0.25) is 17.8 Å². The summed E-state index contributed by atoms with van der Waals surface area (Å²) < 4.78 is 17.8. The number of fused-ring (bicyclic) bond motifs is 6. The summed E-state index contributed by atoms with van der Waals surface area (Å²) in [6, 6.07) is 40.6. The minimum absolute atomic E-state index is 0.102. The van der Waals surface area contributed by atoms with E-state index in [1.54, 1.807) is 54.4 Å². The number of benzene rings is 6. The Bertz CT molecular complexity index is 4180. The molecule has 0 unspecified atom stereocenters. The molecule has 0 radical (unpaired) electrons. The van der Waals surface area contributed by atoms with Crippen LogP contribution in [0.2, 0.25) is 0 Å². The lowest BCUT2D eigenvalue weighted by atomic mass is 10.1. The first-order valence-electron chi connectivity index (χ1n) is 35.7. The summed E-state index contributed by atoms with van der Waals surface area (Å²) in [5.41, 5.74) is 11.6. The summed E-state index contributed by atoms with van der Waals surface area (Å²) in [5, 5.41) is 39.4. The molecule has 6 aliphatic heterocycles. The predicted molar refractivity (Wildman–Crippen MR) is 413 cm³/mol. The fraction of sp³-hybridized carbons (Fsp3) is 0.346. The molecule has 3 aromatic heterocycles. The Kier molecular flexibility index (Phi) is 21.6. The van der Waals surface area contributed by atoms with Crippen LogP contribution in [0.15, 0.2) is 146 Å². The van der Waals surface area contributed by atoms with Gasteiger partial charge in [0.25, 0.3) is 17.7 Å². The van der Waals surface area contributed by atoms with Crippen LogP contribution in [0.25, 0.3) is 0 Å². The number of aliphatic hydroxyl groups is 3. The predicted octanol–water partition coefficient (Wildman–Crippen LogP) is 11.8. The summed E-state index contributed by atoms with van der Waals surface area (Å²) in [4.78, 5) is 84.1. The van der Waals surface area contributed by atoms with E-state index in [1.165, 1.54) is 0 Å². The van der Waals surface area contributed by atoms with Crippen LogP contribution >= 0.6 is 0 Å². The van der Waals surface area contributed by atoms with E-state index < -0.39 is 0 Å². The molecule has 105 heavy (non-hydrogen) atoms. The van der Waals surface area contributed by atoms with Crippen molar-refractivity contribution in [1.82, 2.24) is 29.9 Å². The number of hydrogen-bond acceptors (Lipinski definition) is 24. The van der Waals surface area contributed by atoms with Crippen LogP contribution in [0, 0.1) is 0 Å². The highest BCUT2D eigenvalue weighted by molar-refractivity contribution is 6.15. The van der Waals surface area contributed by atoms with E-state index in [0.717, 1.165) is 129 Å². The molecule has 9 heterocycles. The van der Waals surface area contributed by atoms with Crippen LogP contribution in [-0.4, -0.2) is 183 Å². The lowest BCUT2D eigenvalue weighted by Crippen LogP contribution is -2.35. The van der Waals surface area contributed by atoms with Gasteiger partial charge in [-0.05, 0) is 132 Å². The van der Waals surface area contributed by atoms with Crippen molar-refractivity contribution in [3.63, 3.8) is 0 Å². The fourth-order valence-electron chi connectivity index (χ4n) is 13.8. The zero-order valence-electron chi connectivity index (χ0n) is 60.7. The lowest BCUT2D eigenvalue weighted by Gasteiger charge is -2.32. The maximum Gasteiger partial charge on any atom is 0.260 e. The number of anilines is 18. The Morgan fingerprint density at radius 1 is 0.362 bits per heavy atom. The Labute approximate surface area is 611 Å². The first-order chi connectivity index (χ1) is 50.9. The first kappa shape index (κ1) is 71.8. The Morgan fingerprint density at radius 2 is 0.619 bits per heavy atom. The minimum Gasteiger partial charge on any atom is -0.492 e. The minimum atomic E-state index is -0.219. The summed E-state index contributed by atoms with van der Waals surface area (Å²) in [6.45, 7) is 12.3. The van der Waals surface area contributed by atoms with Crippen molar-refractivity contribution in [3.05, 3.63) is 163 Å². The first-order valence-corrected chi connectivity index (χ1v) is 35.7. The standard InChI is InChI=1S/3C26H30N6O3/c3*1-4-35-23-15-17(32-13-11-18(33)12-14-32)9-10-20(23)28-26-27-16-22-24(29-26)30(2)21-8-6-5-7-19(21)25(34)31(22)3/h3*5-10,15-16,18,33H,4,11-14H2,1-3H3,(H,27,28,29). The van der Waals surface area contributed by atoms with Gasteiger partial charge in [-0.1, -0.05) is 36.4 Å². The van der Waals surface area contributed by atoms with Crippen LogP contribution in [-0.2, 0) is 0 Å². The average molecular weight is 1420 g/mol. The number of carbonyl (C=O) groups excluding carboxylic acids is 3. The molecular formula is C78H90N18O9. The summed E-state index contributed by atoms with van der Waals surface area (Å²) in [7, 11) is 10.9. The van der Waals surface area contributed by atoms with Crippen molar-refractivity contribution in [3.8, 4) is 17.2 Å². The number of para-hydroxylation sites is 3. The number of rotatable bonds is 15. The highest BCUT2D eigenvalue weighted by atomic mass is 16.5. The second-order valence-electron chi connectivity index (χ2n) is 26.4. The van der Waals surface area contributed by atoms with E-state index in [2.05, 4.69) is 45.6 Å². The number of nitrogens with zero attached hydrogens (tertiary/aromatic N) is 15. The van der Waals surface area contributed by atoms with E-state index in [0.29, 0.717) is 106 Å². The number of amides is 3. The molecule has 6 aliphatic rings. The maximum absolute atomic E-state index is 13.0. The second kappa shape index (κ2) is 31.6. The number of piperidine rings is 3. The van der Waals surface area contributed by atoms with Crippen LogP contribution in [0.5, 0.6) is 17.2 Å². The molecule has 0 aliphatic carbocycles. The molecule has 9 aromatic rings. The monoisotopic (exact) mass is 1420 g/mol. The van der Waals surface area contributed by atoms with Gasteiger partial charge in [-0.2, -0.15) is 15.0 Å². The summed E-state index contributed by atoms with van der Waals surface area (Å²) in [6.07, 6.45) is 8.93. The highest BCUT2D eigenvalue weighted by Crippen LogP contribution is 2.44. The van der Waals surface area contributed by atoms with Gasteiger partial charge in [0.15, 0.2) is 17.5 Å². The van der Waals surface area contributed by atoms with Crippen molar-refractivity contribution in [2.24, 2.45) is 0 Å². The number of aromatic nitrogens is 6. The molecule has 6 aromatic carbocycles. The van der Waals surface area contributed by atoms with Gasteiger partial charge in [0, 0.05) is 117 Å². The molecular weight excluding hydrogens is 1330 g/mol. The van der Waals surface area contributed by atoms with Gasteiger partial charge in [0.05, 0.1) is 108 Å². The number of aliphatic hydroxyl groups excluding tert-OH is 3. The molecule has 27 nitrogen and oxygen atoms in total. The van der Waals surface area contributed by atoms with Crippen molar-refractivity contribution in [2.75, 3.05) is 161 Å². The molecule has 3 amide bonds. The van der Waals surface area contributed by atoms with Gasteiger partial charge in [-0.3, -0.25) is 14.4 Å². The Morgan fingerprint density at radius 3 is 0.876 bits per heavy atom. The molecule has 0 bridgehead atoms. The van der Waals surface area contributed by atoms with Crippen LogP contribution < -0.4 is 74.3 Å². The molecule has 3 fully saturated rings. The Hall–Kier alpha value is -11.6. The molecule has 546 valence electrons. The molecule has 0 spiro atoms. The molecule has 0 saturated carbocycles. The quantitative estimate of drug-likeness (QED) is 0.0556. The van der Waals surface area contributed by atoms with E-state index in [-0.39, 0.29) is 36.0 Å². The molecule has 15 rings (SSSR count). The zero-order chi connectivity index (χ0) is 73.6. The third-order valence-corrected chi connectivity index (χ3v) is 19.7. The third kappa shape index (κ3) is 15.3. The smallest absolute Gasteiger partial charge is 0.260 e. The SMILES string of the molecule is CCOc1cc(N2CCC(O)CC2)ccc1Nc1ncc2c(n1)N(C)c1ccccc1C(=O)N2C.CCOc1cc(N2CCC(O)CC2)ccc1Nc1ncc2c(n1)N(C)c1ccccc1C(=O)N2C.CCOc1cc(N2CCC(O)CC2)ccc1Nc1ncc2c(n1)N(C)c1ccccc1C(=O)N2C. The van der Waals surface area contributed by atoms with Gasteiger partial charge in [-0.15, -0.1) is 0 Å². The van der Waals surface area contributed by atoms with Crippen LogP contribution in [0.3, 0.4) is 0 Å². The van der Waals surface area contributed by atoms with Crippen LogP contribution in [0.4, 0.5) is 104 Å². The molecule has 0 atom stereocenters. The van der Waals surface area contributed by atoms with Crippen LogP contribution in [0.1, 0.15) is 90.4 Å². The fourth-order valence-corrected chi connectivity index (χ4v) is 13.8. The highest BCUT2D eigenvalue weighted by Gasteiger charge is 2.33. The van der Waals surface area contributed by atoms with Gasteiger partial charge >= 0.3 is 0 Å². The zero-order valence-corrected chi connectivity index (χ0v) is 60.7. The van der Waals surface area contributed by atoms with Gasteiger partial charge in [0.1, 0.15) is 34.3 Å². The number of carbonyl (C=O) groups is 3. The number of nitrogens with one attached hydrogen (secondary N) is 3.